The number of pyridine rings is 1. The van der Waals surface area contributed by atoms with Gasteiger partial charge in [-0.1, -0.05) is 17.7 Å². The summed E-state index contributed by atoms with van der Waals surface area (Å²) in [5, 5.41) is 0. The molecule has 0 saturated heterocycles. The Balaban J connectivity index is 1.65. The molecule has 1 N–H and O–H groups in total. The maximum Gasteiger partial charge on any atom is 0.123 e. The quantitative estimate of drug-likeness (QED) is 0.634. The first-order valence-electron chi connectivity index (χ1n) is 9.69. The van der Waals surface area contributed by atoms with Crippen molar-refractivity contribution < 1.29 is 4.39 Å². The lowest BCUT2D eigenvalue weighted by Crippen LogP contribution is -2.33. The highest BCUT2D eigenvalue weighted by Gasteiger charge is 2.27. The summed E-state index contributed by atoms with van der Waals surface area (Å²) >= 11 is 0. The highest BCUT2D eigenvalue weighted by Crippen LogP contribution is 2.40. The van der Waals surface area contributed by atoms with Crippen molar-refractivity contribution >= 4 is 5.57 Å². The molecule has 5 rings (SSSR count). The molecule has 4 heteroatoms. The molecule has 0 spiro atoms. The Morgan fingerprint density at radius 2 is 1.82 bits per heavy atom. The van der Waals surface area contributed by atoms with E-state index in [9.17, 15) is 4.39 Å². The summed E-state index contributed by atoms with van der Waals surface area (Å²) in [6, 6.07) is 11.1. The molecule has 1 aromatic carbocycles. The van der Waals surface area contributed by atoms with Gasteiger partial charge in [-0.15, -0.1) is 0 Å². The van der Waals surface area contributed by atoms with Crippen LogP contribution in [0.2, 0.25) is 0 Å². The summed E-state index contributed by atoms with van der Waals surface area (Å²) < 4.78 is 13.4. The Hall–Kier alpha value is -2.98. The Kier molecular flexibility index (Phi) is 4.21. The maximum absolute atomic E-state index is 13.4. The van der Waals surface area contributed by atoms with Crippen LogP contribution in [0, 0.1) is 5.82 Å². The van der Waals surface area contributed by atoms with Gasteiger partial charge in [0, 0.05) is 48.8 Å². The van der Waals surface area contributed by atoms with Gasteiger partial charge in [0.1, 0.15) is 5.82 Å². The standard InChI is InChI=1S/C24H22FN3/c1-16-12-21-13-19(8-11-28(21)15-16)22-14-27-24(18-2-4-20(25)5-3-18)23(22)17-6-9-26-10-7-17/h2-7,9-10,12-14,21,27H,8,11,15H2,1H3. The SMILES string of the molecule is CC1=CC2C=C(c3c[nH]c(-c4ccc(F)cc4)c3-c3ccncc3)CCN2C1. The molecule has 0 amide bonds. The molecule has 0 radical (unpaired) electrons. The summed E-state index contributed by atoms with van der Waals surface area (Å²) in [5.74, 6) is -0.223. The van der Waals surface area contributed by atoms with Crippen LogP contribution in [-0.2, 0) is 0 Å². The number of rotatable bonds is 3. The van der Waals surface area contributed by atoms with Crippen molar-refractivity contribution in [3.8, 4) is 22.4 Å². The van der Waals surface area contributed by atoms with Gasteiger partial charge in [-0.25, -0.2) is 4.39 Å². The number of aromatic nitrogens is 2. The van der Waals surface area contributed by atoms with Gasteiger partial charge in [-0.2, -0.15) is 0 Å². The largest absolute Gasteiger partial charge is 0.360 e. The Morgan fingerprint density at radius 1 is 1.04 bits per heavy atom. The van der Waals surface area contributed by atoms with Crippen LogP contribution in [0.3, 0.4) is 0 Å². The first-order valence-corrected chi connectivity index (χ1v) is 9.69. The minimum absolute atomic E-state index is 0.223. The highest BCUT2D eigenvalue weighted by atomic mass is 19.1. The number of nitrogens with one attached hydrogen (secondary N) is 1. The van der Waals surface area contributed by atoms with Crippen LogP contribution in [0.15, 0.2) is 72.7 Å². The molecule has 0 bridgehead atoms. The monoisotopic (exact) mass is 371 g/mol. The minimum Gasteiger partial charge on any atom is -0.360 e. The molecule has 0 aliphatic carbocycles. The molecule has 2 aromatic heterocycles. The molecule has 4 heterocycles. The van der Waals surface area contributed by atoms with Crippen LogP contribution in [0.1, 0.15) is 18.9 Å². The second-order valence-corrected chi connectivity index (χ2v) is 7.61. The van der Waals surface area contributed by atoms with E-state index in [1.807, 2.05) is 36.7 Å². The first-order chi connectivity index (χ1) is 13.7. The van der Waals surface area contributed by atoms with E-state index in [1.54, 1.807) is 0 Å². The molecule has 0 saturated carbocycles. The van der Waals surface area contributed by atoms with Gasteiger partial charge in [0.2, 0.25) is 0 Å². The van der Waals surface area contributed by atoms with Gasteiger partial charge in [-0.05, 0) is 66.4 Å². The van der Waals surface area contributed by atoms with Crippen molar-refractivity contribution in [3.05, 3.63) is 84.1 Å². The van der Waals surface area contributed by atoms with E-state index in [1.165, 1.54) is 28.8 Å². The van der Waals surface area contributed by atoms with Gasteiger partial charge >= 0.3 is 0 Å². The Labute approximate surface area is 164 Å². The topological polar surface area (TPSA) is 31.9 Å². The molecule has 28 heavy (non-hydrogen) atoms. The zero-order valence-corrected chi connectivity index (χ0v) is 15.8. The Bertz CT molecular complexity index is 1060. The van der Waals surface area contributed by atoms with E-state index in [4.69, 9.17) is 0 Å². The highest BCUT2D eigenvalue weighted by molar-refractivity contribution is 5.91. The third-order valence-electron chi connectivity index (χ3n) is 5.70. The summed E-state index contributed by atoms with van der Waals surface area (Å²) in [6.45, 7) is 4.34. The summed E-state index contributed by atoms with van der Waals surface area (Å²) in [6.07, 6.45) is 11.5. The number of H-pyrrole nitrogens is 1. The van der Waals surface area contributed by atoms with Gasteiger partial charge < -0.3 is 4.98 Å². The van der Waals surface area contributed by atoms with Crippen molar-refractivity contribution in [2.45, 2.75) is 19.4 Å². The number of hydrogen-bond donors (Lipinski definition) is 1. The van der Waals surface area contributed by atoms with E-state index in [-0.39, 0.29) is 5.82 Å². The fourth-order valence-electron chi connectivity index (χ4n) is 4.37. The summed E-state index contributed by atoms with van der Waals surface area (Å²) in [7, 11) is 0. The third-order valence-corrected chi connectivity index (χ3v) is 5.70. The van der Waals surface area contributed by atoms with E-state index in [0.717, 1.165) is 41.9 Å². The van der Waals surface area contributed by atoms with Crippen LogP contribution >= 0.6 is 0 Å². The first kappa shape index (κ1) is 17.1. The van der Waals surface area contributed by atoms with Crippen LogP contribution in [0.25, 0.3) is 28.0 Å². The number of fused-ring (bicyclic) bond motifs is 1. The van der Waals surface area contributed by atoms with Gasteiger partial charge in [-0.3, -0.25) is 9.88 Å². The zero-order chi connectivity index (χ0) is 19.1. The van der Waals surface area contributed by atoms with Crippen molar-refractivity contribution in [1.29, 1.82) is 0 Å². The van der Waals surface area contributed by atoms with Crippen molar-refractivity contribution in [2.24, 2.45) is 0 Å². The smallest absolute Gasteiger partial charge is 0.123 e. The lowest BCUT2D eigenvalue weighted by atomic mass is 9.91. The average Bonchev–Trinajstić information content (AvgIpc) is 3.31. The second-order valence-electron chi connectivity index (χ2n) is 7.61. The normalized spacial score (nSPS) is 19.3. The van der Waals surface area contributed by atoms with Gasteiger partial charge in [0.15, 0.2) is 0 Å². The van der Waals surface area contributed by atoms with Gasteiger partial charge in [0.05, 0.1) is 5.69 Å². The summed E-state index contributed by atoms with van der Waals surface area (Å²) in [4.78, 5) is 10.1. The van der Waals surface area contributed by atoms with Crippen LogP contribution in [-0.4, -0.2) is 34.0 Å². The number of halogens is 1. The van der Waals surface area contributed by atoms with Crippen molar-refractivity contribution in [2.75, 3.05) is 13.1 Å². The van der Waals surface area contributed by atoms with Crippen molar-refractivity contribution in [1.82, 2.24) is 14.9 Å². The molecule has 1 atom stereocenters. The van der Waals surface area contributed by atoms with Crippen molar-refractivity contribution in [3.63, 3.8) is 0 Å². The van der Waals surface area contributed by atoms with Crippen LogP contribution in [0.4, 0.5) is 4.39 Å². The van der Waals surface area contributed by atoms with E-state index < -0.39 is 0 Å². The molecule has 140 valence electrons. The predicted molar refractivity (Wildman–Crippen MR) is 111 cm³/mol. The molecule has 2 aliphatic heterocycles. The van der Waals surface area contributed by atoms with Crippen LogP contribution < -0.4 is 0 Å². The average molecular weight is 371 g/mol. The molecular formula is C24H22FN3. The van der Waals surface area contributed by atoms with E-state index >= 15 is 0 Å². The molecule has 2 aliphatic rings. The van der Waals surface area contributed by atoms with E-state index in [2.05, 4.69) is 40.1 Å². The lowest BCUT2D eigenvalue weighted by molar-refractivity contribution is 0.301. The fourth-order valence-corrected chi connectivity index (χ4v) is 4.37. The summed E-state index contributed by atoms with van der Waals surface area (Å²) in [5.41, 5.74) is 8.31. The molecule has 1 unspecified atom stereocenters. The molecule has 0 fully saturated rings. The number of nitrogens with zero attached hydrogens (tertiary/aromatic N) is 2. The molecule has 3 aromatic rings. The number of benzene rings is 1. The van der Waals surface area contributed by atoms with E-state index in [0.29, 0.717) is 6.04 Å². The number of aromatic amines is 1. The van der Waals surface area contributed by atoms with Crippen LogP contribution in [0.5, 0.6) is 0 Å². The molecule has 3 nitrogen and oxygen atoms in total. The second kappa shape index (κ2) is 6.88. The minimum atomic E-state index is -0.223. The Morgan fingerprint density at radius 3 is 2.61 bits per heavy atom. The lowest BCUT2D eigenvalue weighted by Gasteiger charge is -2.28. The predicted octanol–water partition coefficient (Wildman–Crippen LogP) is 5.30. The zero-order valence-electron chi connectivity index (χ0n) is 15.8. The third kappa shape index (κ3) is 3.00. The maximum atomic E-state index is 13.4. The number of hydrogen-bond acceptors (Lipinski definition) is 2. The van der Waals surface area contributed by atoms with Gasteiger partial charge in [0.25, 0.3) is 0 Å². The molecular weight excluding hydrogens is 349 g/mol. The fraction of sp³-hybridized carbons (Fsp3) is 0.208.